The molecular weight excluding hydrogens is 478 g/mol. The highest BCUT2D eigenvalue weighted by atomic mass is 16.3. The largest absolute Gasteiger partial charge is 0.395 e. The number of carbonyl (C=O) groups is 1. The van der Waals surface area contributed by atoms with Gasteiger partial charge in [0.05, 0.1) is 12.6 Å². The lowest BCUT2D eigenvalue weighted by molar-refractivity contribution is -0.121. The average molecular weight is 550 g/mol. The Morgan fingerprint density at radius 2 is 0.949 bits per heavy atom. The van der Waals surface area contributed by atoms with Gasteiger partial charge in [0.2, 0.25) is 0 Å². The van der Waals surface area contributed by atoms with Crippen molar-refractivity contribution in [2.24, 2.45) is 0 Å². The summed E-state index contributed by atoms with van der Waals surface area (Å²) in [5.74, 6) is 0.363. The minimum atomic E-state index is -0.0561. The van der Waals surface area contributed by atoms with E-state index >= 15 is 0 Å². The smallest absolute Gasteiger partial charge is 0.149 e. The summed E-state index contributed by atoms with van der Waals surface area (Å²) >= 11 is 0. The molecule has 3 nitrogen and oxygen atoms in total. The minimum Gasteiger partial charge on any atom is -0.395 e. The van der Waals surface area contributed by atoms with Crippen LogP contribution < -0.4 is 5.32 Å². The van der Waals surface area contributed by atoms with E-state index in [-0.39, 0.29) is 12.6 Å². The van der Waals surface area contributed by atoms with E-state index in [4.69, 9.17) is 0 Å². The Balaban J connectivity index is 3.67. The summed E-state index contributed by atoms with van der Waals surface area (Å²) in [6.07, 6.45) is 40.7. The number of ketones is 1. The van der Waals surface area contributed by atoms with Gasteiger partial charge in [-0.2, -0.15) is 0 Å². The molecule has 1 atom stereocenters. The first-order chi connectivity index (χ1) is 19.3. The second-order valence-electron chi connectivity index (χ2n) is 12.1. The molecule has 0 bridgehead atoms. The highest BCUT2D eigenvalue weighted by Gasteiger charge is 2.16. The van der Waals surface area contributed by atoms with Crippen LogP contribution in [0.4, 0.5) is 0 Å². The van der Waals surface area contributed by atoms with Gasteiger partial charge < -0.3 is 10.4 Å². The molecule has 39 heavy (non-hydrogen) atoms. The zero-order chi connectivity index (χ0) is 28.5. The lowest BCUT2D eigenvalue weighted by Crippen LogP contribution is -2.38. The molecule has 2 N–H and O–H groups in total. The zero-order valence-electron chi connectivity index (χ0n) is 26.8. The number of hydrogen-bond donors (Lipinski definition) is 2. The summed E-state index contributed by atoms with van der Waals surface area (Å²) in [6, 6.07) is -0.0561. The molecule has 0 aromatic heterocycles. The molecule has 0 rings (SSSR count). The van der Waals surface area contributed by atoms with E-state index in [1.807, 2.05) is 0 Å². The molecule has 0 fully saturated rings. The number of allylic oxidation sites excluding steroid dienone is 2. The van der Waals surface area contributed by atoms with Crippen LogP contribution in [0.1, 0.15) is 194 Å². The molecule has 0 aromatic carbocycles. The molecule has 0 radical (unpaired) electrons. The van der Waals surface area contributed by atoms with Gasteiger partial charge in [-0.1, -0.05) is 161 Å². The Morgan fingerprint density at radius 3 is 1.38 bits per heavy atom. The predicted molar refractivity (Wildman–Crippen MR) is 174 cm³/mol. The van der Waals surface area contributed by atoms with E-state index in [1.165, 1.54) is 154 Å². The first kappa shape index (κ1) is 38.3. The molecule has 0 spiro atoms. The maximum atomic E-state index is 12.8. The Kier molecular flexibility index (Phi) is 33.0. The van der Waals surface area contributed by atoms with Crippen molar-refractivity contribution in [3.8, 4) is 0 Å². The van der Waals surface area contributed by atoms with E-state index in [0.29, 0.717) is 18.7 Å². The van der Waals surface area contributed by atoms with Crippen LogP contribution in [0, 0.1) is 0 Å². The molecule has 0 aliphatic rings. The fourth-order valence-corrected chi connectivity index (χ4v) is 5.53. The Labute approximate surface area is 245 Å². The number of hydrogen-bond acceptors (Lipinski definition) is 3. The number of carbonyl (C=O) groups excluding carboxylic acids is 1. The molecule has 232 valence electrons. The molecule has 3 heteroatoms. The third-order valence-corrected chi connectivity index (χ3v) is 8.17. The van der Waals surface area contributed by atoms with E-state index in [9.17, 15) is 9.90 Å². The van der Waals surface area contributed by atoms with Crippen LogP contribution in [0.25, 0.3) is 0 Å². The van der Waals surface area contributed by atoms with E-state index < -0.39 is 0 Å². The molecule has 0 aliphatic heterocycles. The number of aliphatic hydroxyl groups excluding tert-OH is 1. The van der Waals surface area contributed by atoms with Crippen LogP contribution in [-0.4, -0.2) is 30.1 Å². The SMILES string of the molecule is CCCCCCCC/C=C\CCCCCCCC(NCCO)C(=O)CCCCCCCCCCCCCCC. The first-order valence-corrected chi connectivity index (χ1v) is 17.8. The van der Waals surface area contributed by atoms with Gasteiger partial charge in [-0.25, -0.2) is 0 Å². The van der Waals surface area contributed by atoms with Crippen LogP contribution in [0.2, 0.25) is 0 Å². The van der Waals surface area contributed by atoms with E-state index in [0.717, 1.165) is 19.3 Å². The number of nitrogens with one attached hydrogen (secondary N) is 1. The van der Waals surface area contributed by atoms with Crippen molar-refractivity contribution < 1.29 is 9.90 Å². The molecule has 0 aliphatic carbocycles. The van der Waals surface area contributed by atoms with Crippen LogP contribution in [0.3, 0.4) is 0 Å². The number of rotatable bonds is 33. The van der Waals surface area contributed by atoms with Crippen molar-refractivity contribution >= 4 is 5.78 Å². The van der Waals surface area contributed by atoms with Gasteiger partial charge in [0.15, 0.2) is 0 Å². The standard InChI is InChI=1S/C36H71NO2/c1-3-5-7-9-11-13-15-17-18-20-21-23-25-27-29-31-35(37-33-34-38)36(39)32-30-28-26-24-22-19-16-14-12-10-8-6-4-2/h17-18,35,37-38H,3-16,19-34H2,1-2H3/b18-17-. The van der Waals surface area contributed by atoms with Gasteiger partial charge >= 0.3 is 0 Å². The summed E-state index contributed by atoms with van der Waals surface area (Å²) in [5.41, 5.74) is 0. The molecule has 0 saturated carbocycles. The van der Waals surface area contributed by atoms with Gasteiger partial charge in [-0.05, 0) is 38.5 Å². The van der Waals surface area contributed by atoms with E-state index in [2.05, 4.69) is 31.3 Å². The van der Waals surface area contributed by atoms with Gasteiger partial charge in [0.1, 0.15) is 5.78 Å². The normalized spacial score (nSPS) is 12.5. The van der Waals surface area contributed by atoms with Crippen molar-refractivity contribution in [3.05, 3.63) is 12.2 Å². The van der Waals surface area contributed by atoms with Crippen molar-refractivity contribution in [1.29, 1.82) is 0 Å². The van der Waals surface area contributed by atoms with Crippen LogP contribution in [-0.2, 0) is 4.79 Å². The van der Waals surface area contributed by atoms with Gasteiger partial charge in [0, 0.05) is 13.0 Å². The summed E-state index contributed by atoms with van der Waals surface area (Å²) in [7, 11) is 0. The van der Waals surface area contributed by atoms with Crippen molar-refractivity contribution in [1.82, 2.24) is 5.32 Å². The monoisotopic (exact) mass is 550 g/mol. The molecule has 0 aromatic rings. The predicted octanol–water partition coefficient (Wildman–Crippen LogP) is 11.0. The van der Waals surface area contributed by atoms with Gasteiger partial charge in [-0.15, -0.1) is 0 Å². The molecule has 0 saturated heterocycles. The Morgan fingerprint density at radius 1 is 0.564 bits per heavy atom. The molecule has 0 heterocycles. The third kappa shape index (κ3) is 30.1. The summed E-state index contributed by atoms with van der Waals surface area (Å²) in [4.78, 5) is 12.8. The van der Waals surface area contributed by atoms with E-state index in [1.54, 1.807) is 0 Å². The second-order valence-corrected chi connectivity index (χ2v) is 12.1. The molecular formula is C36H71NO2. The zero-order valence-corrected chi connectivity index (χ0v) is 26.8. The van der Waals surface area contributed by atoms with Crippen LogP contribution in [0.5, 0.6) is 0 Å². The highest BCUT2D eigenvalue weighted by Crippen LogP contribution is 2.15. The number of aliphatic hydroxyl groups is 1. The van der Waals surface area contributed by atoms with Crippen molar-refractivity contribution in [2.45, 2.75) is 200 Å². The summed E-state index contributed by atoms with van der Waals surface area (Å²) in [5, 5.41) is 12.5. The quantitative estimate of drug-likeness (QED) is 0.0632. The fraction of sp³-hybridized carbons (Fsp3) is 0.917. The number of unbranched alkanes of at least 4 members (excludes halogenated alkanes) is 23. The first-order valence-electron chi connectivity index (χ1n) is 17.8. The average Bonchev–Trinajstić information content (AvgIpc) is 2.94. The van der Waals surface area contributed by atoms with Crippen LogP contribution >= 0.6 is 0 Å². The van der Waals surface area contributed by atoms with Gasteiger partial charge in [-0.3, -0.25) is 4.79 Å². The minimum absolute atomic E-state index is 0.0561. The third-order valence-electron chi connectivity index (χ3n) is 8.17. The summed E-state index contributed by atoms with van der Waals surface area (Å²) < 4.78 is 0. The molecule has 0 amide bonds. The maximum Gasteiger partial charge on any atom is 0.149 e. The fourth-order valence-electron chi connectivity index (χ4n) is 5.53. The lowest BCUT2D eigenvalue weighted by Gasteiger charge is -2.17. The number of Topliss-reactive ketones (excluding diaryl/α,β-unsaturated/α-hetero) is 1. The Hall–Kier alpha value is -0.670. The highest BCUT2D eigenvalue weighted by molar-refractivity contribution is 5.83. The Bertz CT molecular complexity index is 504. The topological polar surface area (TPSA) is 49.3 Å². The lowest BCUT2D eigenvalue weighted by atomic mass is 9.98. The van der Waals surface area contributed by atoms with Gasteiger partial charge in [0.25, 0.3) is 0 Å². The molecule has 1 unspecified atom stereocenters. The summed E-state index contributed by atoms with van der Waals surface area (Å²) in [6.45, 7) is 5.19. The van der Waals surface area contributed by atoms with Crippen LogP contribution in [0.15, 0.2) is 12.2 Å². The maximum absolute atomic E-state index is 12.8. The second kappa shape index (κ2) is 33.5. The van der Waals surface area contributed by atoms with Crippen molar-refractivity contribution in [3.63, 3.8) is 0 Å². The van der Waals surface area contributed by atoms with Crippen molar-refractivity contribution in [2.75, 3.05) is 13.2 Å².